The second-order valence-corrected chi connectivity index (χ2v) is 9.73. The molecule has 224 valence electrons. The van der Waals surface area contributed by atoms with E-state index < -0.39 is 12.2 Å². The van der Waals surface area contributed by atoms with E-state index in [-0.39, 0.29) is 11.6 Å². The van der Waals surface area contributed by atoms with Gasteiger partial charge in [0.25, 0.3) is 0 Å². The average Bonchev–Trinajstić information content (AvgIpc) is 3.01. The van der Waals surface area contributed by atoms with Gasteiger partial charge < -0.3 is 19.7 Å². The molecule has 0 fully saturated rings. The number of benzene rings is 4. The molecule has 0 saturated heterocycles. The van der Waals surface area contributed by atoms with Crippen LogP contribution in [0.15, 0.2) is 121 Å². The van der Waals surface area contributed by atoms with E-state index in [0.29, 0.717) is 34.5 Å². The third-order valence-corrected chi connectivity index (χ3v) is 5.39. The summed E-state index contributed by atoms with van der Waals surface area (Å²) in [4.78, 5) is 23.8. The van der Waals surface area contributed by atoms with Gasteiger partial charge in [0.05, 0.1) is 12.2 Å². The number of carbonyl (C=O) groups is 2. The smallest absolute Gasteiger partial charge is 0.195 e. The predicted molar refractivity (Wildman–Crippen MR) is 169 cm³/mol. The fourth-order valence-corrected chi connectivity index (χ4v) is 3.64. The summed E-state index contributed by atoms with van der Waals surface area (Å²) < 4.78 is 9.50. The SMILES string of the molecule is CC(C)OC(C)C.COC.O=C(c1ccccc1)C(O)c1ccccc1.O=C(c1ccccc1)C(O)c1ccccc1. The number of hydrogen-bond acceptors (Lipinski definition) is 6. The molecule has 0 radical (unpaired) electrons. The molecule has 2 unspecified atom stereocenters. The van der Waals surface area contributed by atoms with E-state index in [1.54, 1.807) is 111 Å². The van der Waals surface area contributed by atoms with Crippen molar-refractivity contribution >= 4 is 11.6 Å². The van der Waals surface area contributed by atoms with Gasteiger partial charge in [0.1, 0.15) is 12.2 Å². The maximum Gasteiger partial charge on any atom is 0.195 e. The van der Waals surface area contributed by atoms with E-state index in [0.717, 1.165) is 0 Å². The zero-order chi connectivity index (χ0) is 31.3. The molecule has 0 saturated carbocycles. The molecule has 0 aliphatic rings. The van der Waals surface area contributed by atoms with Crippen molar-refractivity contribution in [3.8, 4) is 0 Å². The van der Waals surface area contributed by atoms with Gasteiger partial charge in [-0.25, -0.2) is 0 Å². The zero-order valence-corrected chi connectivity index (χ0v) is 25.4. The summed E-state index contributed by atoms with van der Waals surface area (Å²) in [6.07, 6.45) is -1.41. The van der Waals surface area contributed by atoms with Crippen molar-refractivity contribution in [2.75, 3.05) is 14.2 Å². The van der Waals surface area contributed by atoms with Crippen molar-refractivity contribution < 1.29 is 29.3 Å². The molecule has 0 aliphatic carbocycles. The van der Waals surface area contributed by atoms with Crippen LogP contribution in [0, 0.1) is 0 Å². The first-order chi connectivity index (χ1) is 20.1. The van der Waals surface area contributed by atoms with Crippen LogP contribution in [-0.4, -0.2) is 48.2 Å². The summed E-state index contributed by atoms with van der Waals surface area (Å²) in [6, 6.07) is 35.5. The Hall–Kier alpha value is -3.94. The van der Waals surface area contributed by atoms with Crippen molar-refractivity contribution in [3.63, 3.8) is 0 Å². The first kappa shape index (κ1) is 36.1. The lowest BCUT2D eigenvalue weighted by Crippen LogP contribution is -2.11. The first-order valence-corrected chi connectivity index (χ1v) is 13.8. The first-order valence-electron chi connectivity index (χ1n) is 13.8. The minimum absolute atomic E-state index is 0.271. The molecule has 0 bridgehead atoms. The summed E-state index contributed by atoms with van der Waals surface area (Å²) in [6.45, 7) is 8.17. The molecule has 42 heavy (non-hydrogen) atoms. The van der Waals surface area contributed by atoms with Gasteiger partial charge in [-0.2, -0.15) is 0 Å². The highest BCUT2D eigenvalue weighted by Gasteiger charge is 2.19. The van der Waals surface area contributed by atoms with E-state index in [1.165, 1.54) is 0 Å². The zero-order valence-electron chi connectivity index (χ0n) is 25.4. The maximum atomic E-state index is 11.9. The maximum absolute atomic E-state index is 11.9. The van der Waals surface area contributed by atoms with Gasteiger partial charge in [-0.1, -0.05) is 121 Å². The number of aliphatic hydroxyl groups is 2. The molecule has 0 amide bonds. The minimum atomic E-state index is -1.08. The Morgan fingerprint density at radius 2 is 0.738 bits per heavy atom. The molecule has 6 nitrogen and oxygen atoms in total. The number of ether oxygens (including phenoxy) is 2. The molecule has 0 spiro atoms. The number of rotatable bonds is 8. The molecule has 2 N–H and O–H groups in total. The van der Waals surface area contributed by atoms with Gasteiger partial charge in [-0.3, -0.25) is 9.59 Å². The van der Waals surface area contributed by atoms with Crippen LogP contribution < -0.4 is 0 Å². The van der Waals surface area contributed by atoms with Gasteiger partial charge in [0, 0.05) is 25.3 Å². The second-order valence-electron chi connectivity index (χ2n) is 9.73. The lowest BCUT2D eigenvalue weighted by molar-refractivity contribution is 0.0300. The number of aliphatic hydroxyl groups excluding tert-OH is 2. The lowest BCUT2D eigenvalue weighted by Gasteiger charge is -2.09. The summed E-state index contributed by atoms with van der Waals surface area (Å²) in [5.41, 5.74) is 2.30. The number of methoxy groups -OCH3 is 1. The summed E-state index contributed by atoms with van der Waals surface area (Å²) in [5, 5.41) is 19.8. The molecule has 4 aromatic rings. The van der Waals surface area contributed by atoms with Crippen molar-refractivity contribution in [1.29, 1.82) is 0 Å². The average molecular weight is 573 g/mol. The Kier molecular flexibility index (Phi) is 17.9. The van der Waals surface area contributed by atoms with Gasteiger partial charge in [0.15, 0.2) is 11.6 Å². The van der Waals surface area contributed by atoms with E-state index in [2.05, 4.69) is 4.74 Å². The van der Waals surface area contributed by atoms with E-state index in [1.807, 2.05) is 52.0 Å². The lowest BCUT2D eigenvalue weighted by atomic mass is 10.0. The largest absolute Gasteiger partial charge is 0.388 e. The Bertz CT molecular complexity index is 1140. The van der Waals surface area contributed by atoms with Gasteiger partial charge in [-0.05, 0) is 38.8 Å². The Morgan fingerprint density at radius 3 is 0.952 bits per heavy atom. The van der Waals surface area contributed by atoms with Crippen molar-refractivity contribution in [1.82, 2.24) is 0 Å². The Labute approximate surface area is 250 Å². The molecule has 4 aromatic carbocycles. The highest BCUT2D eigenvalue weighted by Crippen LogP contribution is 2.18. The summed E-state index contributed by atoms with van der Waals surface area (Å²) >= 11 is 0. The van der Waals surface area contributed by atoms with Gasteiger partial charge in [-0.15, -0.1) is 0 Å². The van der Waals surface area contributed by atoms with E-state index in [4.69, 9.17) is 4.74 Å². The van der Waals surface area contributed by atoms with Crippen LogP contribution in [0.3, 0.4) is 0 Å². The summed E-state index contributed by atoms with van der Waals surface area (Å²) in [7, 11) is 3.25. The third-order valence-electron chi connectivity index (χ3n) is 5.39. The van der Waals surface area contributed by atoms with Crippen LogP contribution in [0.4, 0.5) is 0 Å². The standard InChI is InChI=1S/2C14H12O2.C6H14O.C2H6O/c2*15-13(11-7-3-1-4-8-11)14(16)12-9-5-2-6-10-12;1-5(2)7-6(3)4;1-3-2/h2*1-10,13,15H;5-6H,1-4H3;1-2H3. The topological polar surface area (TPSA) is 93.1 Å². The van der Waals surface area contributed by atoms with Crippen molar-refractivity contribution in [2.45, 2.75) is 52.1 Å². The van der Waals surface area contributed by atoms with Crippen LogP contribution in [0.1, 0.15) is 71.7 Å². The molecular formula is C36H44O6. The highest BCUT2D eigenvalue weighted by molar-refractivity contribution is 6.00. The molecule has 4 rings (SSSR count). The molecule has 0 heterocycles. The number of hydrogen-bond donors (Lipinski definition) is 2. The fraction of sp³-hybridized carbons (Fsp3) is 0.278. The molecule has 6 heteroatoms. The molecule has 0 aromatic heterocycles. The number of ketones is 2. The van der Waals surface area contributed by atoms with E-state index in [9.17, 15) is 19.8 Å². The van der Waals surface area contributed by atoms with Crippen molar-refractivity contribution in [3.05, 3.63) is 144 Å². The van der Waals surface area contributed by atoms with E-state index >= 15 is 0 Å². The van der Waals surface area contributed by atoms with Crippen molar-refractivity contribution in [2.24, 2.45) is 0 Å². The quantitative estimate of drug-likeness (QED) is 0.215. The van der Waals surface area contributed by atoms with Crippen LogP contribution in [0.25, 0.3) is 0 Å². The predicted octanol–water partition coefficient (Wildman–Crippen LogP) is 7.29. The number of Topliss-reactive ketones (excluding diaryl/α,β-unsaturated/α-hetero) is 2. The minimum Gasteiger partial charge on any atom is -0.388 e. The number of carbonyl (C=O) groups excluding carboxylic acids is 2. The van der Waals surface area contributed by atoms with Gasteiger partial charge in [0.2, 0.25) is 0 Å². The fourth-order valence-electron chi connectivity index (χ4n) is 3.64. The monoisotopic (exact) mass is 572 g/mol. The summed E-state index contributed by atoms with van der Waals surface area (Å²) in [5.74, 6) is -0.543. The van der Waals surface area contributed by atoms with Crippen LogP contribution >= 0.6 is 0 Å². The molecule has 2 atom stereocenters. The van der Waals surface area contributed by atoms with Crippen LogP contribution in [0.2, 0.25) is 0 Å². The Morgan fingerprint density at radius 1 is 0.500 bits per heavy atom. The normalized spacial score (nSPS) is 11.5. The van der Waals surface area contributed by atoms with Crippen LogP contribution in [-0.2, 0) is 9.47 Å². The Balaban J connectivity index is 0.000000321. The second kappa shape index (κ2) is 20.9. The van der Waals surface area contributed by atoms with Gasteiger partial charge >= 0.3 is 0 Å². The molecule has 0 aliphatic heterocycles. The van der Waals surface area contributed by atoms with Crippen LogP contribution in [0.5, 0.6) is 0 Å². The third kappa shape index (κ3) is 14.1. The molecular weight excluding hydrogens is 528 g/mol. The highest BCUT2D eigenvalue weighted by atomic mass is 16.5.